The minimum absolute atomic E-state index is 0.399. The van der Waals surface area contributed by atoms with Crippen LogP contribution in [0.25, 0.3) is 0 Å². The fourth-order valence-electron chi connectivity index (χ4n) is 2.18. The normalized spacial score (nSPS) is 26.1. The maximum atomic E-state index is 5.55. The molecular weight excluding hydrogens is 200 g/mol. The summed E-state index contributed by atoms with van der Waals surface area (Å²) in [6.45, 7) is 5.08. The van der Waals surface area contributed by atoms with Gasteiger partial charge in [-0.1, -0.05) is 0 Å². The first-order valence-electron chi connectivity index (χ1n) is 6.07. The van der Waals surface area contributed by atoms with Crippen molar-refractivity contribution in [2.24, 2.45) is 0 Å². The van der Waals surface area contributed by atoms with E-state index in [0.717, 1.165) is 19.4 Å². The average Bonchev–Trinajstić information content (AvgIpc) is 2.27. The Hall–Kier alpha value is -0.930. The van der Waals surface area contributed by atoms with Crippen LogP contribution in [0, 0.1) is 0 Å². The van der Waals surface area contributed by atoms with E-state index >= 15 is 0 Å². The third-order valence-corrected chi connectivity index (χ3v) is 3.19. The number of hydrogen-bond acceptors (Lipinski definition) is 3. The van der Waals surface area contributed by atoms with Gasteiger partial charge in [0.1, 0.15) is 0 Å². The highest BCUT2D eigenvalue weighted by Gasteiger charge is 2.30. The van der Waals surface area contributed by atoms with Crippen molar-refractivity contribution >= 4 is 0 Å². The van der Waals surface area contributed by atoms with Crippen LogP contribution in [0.5, 0.6) is 0 Å². The topological polar surface area (TPSA) is 34.1 Å². The predicted molar refractivity (Wildman–Crippen MR) is 64.2 cm³/mol. The fourth-order valence-corrected chi connectivity index (χ4v) is 2.18. The Balaban J connectivity index is 1.75. The lowest BCUT2D eigenvalue weighted by Crippen LogP contribution is -2.46. The summed E-state index contributed by atoms with van der Waals surface area (Å²) in [4.78, 5) is 4.03. The lowest BCUT2D eigenvalue weighted by atomic mass is 9.88. The Labute approximate surface area is 97.2 Å². The first kappa shape index (κ1) is 11.6. The molecule has 1 N–H and O–H groups in total. The highest BCUT2D eigenvalue weighted by atomic mass is 16.5. The van der Waals surface area contributed by atoms with Gasteiger partial charge in [-0.25, -0.2) is 0 Å². The van der Waals surface area contributed by atoms with Crippen molar-refractivity contribution < 1.29 is 4.74 Å². The molecule has 0 amide bonds. The van der Waals surface area contributed by atoms with Crippen molar-refractivity contribution in [1.82, 2.24) is 10.3 Å². The largest absolute Gasteiger partial charge is 0.378 e. The molecule has 1 saturated carbocycles. The molecule has 1 aliphatic carbocycles. The van der Waals surface area contributed by atoms with Crippen LogP contribution < -0.4 is 5.32 Å². The number of nitrogens with one attached hydrogen (secondary N) is 1. The Morgan fingerprint density at radius 2 is 2.12 bits per heavy atom. The summed E-state index contributed by atoms with van der Waals surface area (Å²) in [6.07, 6.45) is 6.45. The van der Waals surface area contributed by atoms with Gasteiger partial charge in [0, 0.05) is 31.1 Å². The van der Waals surface area contributed by atoms with Crippen molar-refractivity contribution in [3.8, 4) is 0 Å². The van der Waals surface area contributed by atoms with Gasteiger partial charge in [0.15, 0.2) is 0 Å². The third-order valence-electron chi connectivity index (χ3n) is 3.19. The minimum Gasteiger partial charge on any atom is -0.378 e. The van der Waals surface area contributed by atoms with Crippen LogP contribution in [0.1, 0.15) is 38.3 Å². The van der Waals surface area contributed by atoms with Crippen LogP contribution in [0.2, 0.25) is 0 Å². The first-order valence-corrected chi connectivity index (χ1v) is 6.07. The van der Waals surface area contributed by atoms with Crippen LogP contribution in [0.4, 0.5) is 0 Å². The van der Waals surface area contributed by atoms with E-state index in [1.54, 1.807) is 0 Å². The summed E-state index contributed by atoms with van der Waals surface area (Å²) in [5.74, 6) is 0. The molecule has 0 bridgehead atoms. The Bertz CT molecular complexity index is 309. The molecule has 0 radical (unpaired) electrons. The number of hydrogen-bond donors (Lipinski definition) is 1. The van der Waals surface area contributed by atoms with E-state index in [2.05, 4.69) is 36.3 Å². The van der Waals surface area contributed by atoms with Gasteiger partial charge in [-0.3, -0.25) is 4.98 Å². The Kier molecular flexibility index (Phi) is 3.91. The number of aromatic nitrogens is 1. The predicted octanol–water partition coefficient (Wildman–Crippen LogP) is 2.30. The molecule has 0 aromatic carbocycles. The number of nitrogens with zero attached hydrogens (tertiary/aromatic N) is 1. The van der Waals surface area contributed by atoms with Gasteiger partial charge in [-0.2, -0.15) is 0 Å². The first-order chi connectivity index (χ1) is 7.79. The molecule has 88 valence electrons. The SMILES string of the molecule is CCOC1CC(N[C@H](C)c2ccncc2)C1. The highest BCUT2D eigenvalue weighted by Crippen LogP contribution is 2.25. The molecule has 16 heavy (non-hydrogen) atoms. The van der Waals surface area contributed by atoms with Crippen molar-refractivity contribution in [2.45, 2.75) is 44.9 Å². The van der Waals surface area contributed by atoms with E-state index in [9.17, 15) is 0 Å². The number of rotatable bonds is 5. The Morgan fingerprint density at radius 1 is 1.44 bits per heavy atom. The Morgan fingerprint density at radius 3 is 2.75 bits per heavy atom. The van der Waals surface area contributed by atoms with Crippen molar-refractivity contribution in [1.29, 1.82) is 0 Å². The molecule has 1 aliphatic rings. The summed E-state index contributed by atoms with van der Waals surface area (Å²) < 4.78 is 5.55. The molecule has 1 aromatic rings. The van der Waals surface area contributed by atoms with Gasteiger partial charge >= 0.3 is 0 Å². The van der Waals surface area contributed by atoms with Gasteiger partial charge in [0.2, 0.25) is 0 Å². The van der Waals surface area contributed by atoms with Gasteiger partial charge in [0.25, 0.3) is 0 Å². The monoisotopic (exact) mass is 220 g/mol. The van der Waals surface area contributed by atoms with E-state index in [4.69, 9.17) is 4.74 Å². The molecular formula is C13H20N2O. The van der Waals surface area contributed by atoms with E-state index in [1.165, 1.54) is 5.56 Å². The van der Waals surface area contributed by atoms with E-state index in [0.29, 0.717) is 18.2 Å². The van der Waals surface area contributed by atoms with Crippen molar-refractivity contribution in [2.75, 3.05) is 6.61 Å². The quantitative estimate of drug-likeness (QED) is 0.826. The zero-order valence-corrected chi connectivity index (χ0v) is 10.0. The molecule has 1 fully saturated rings. The molecule has 2 rings (SSSR count). The second-order valence-electron chi connectivity index (χ2n) is 4.41. The minimum atomic E-state index is 0.399. The molecule has 0 spiro atoms. The second-order valence-corrected chi connectivity index (χ2v) is 4.41. The summed E-state index contributed by atoms with van der Waals surface area (Å²) in [5, 5.41) is 3.61. The third kappa shape index (κ3) is 2.80. The van der Waals surface area contributed by atoms with Crippen LogP contribution in [0.3, 0.4) is 0 Å². The van der Waals surface area contributed by atoms with Gasteiger partial charge in [0.05, 0.1) is 6.10 Å². The van der Waals surface area contributed by atoms with E-state index in [1.807, 2.05) is 12.4 Å². The zero-order valence-electron chi connectivity index (χ0n) is 10.0. The number of ether oxygens (including phenoxy) is 1. The molecule has 1 atom stereocenters. The summed E-state index contributed by atoms with van der Waals surface area (Å²) in [5.41, 5.74) is 1.30. The van der Waals surface area contributed by atoms with Gasteiger partial charge < -0.3 is 10.1 Å². The molecule has 0 aliphatic heterocycles. The number of pyridine rings is 1. The molecule has 1 heterocycles. The van der Waals surface area contributed by atoms with Crippen molar-refractivity contribution in [3.63, 3.8) is 0 Å². The van der Waals surface area contributed by atoms with Crippen LogP contribution in [-0.2, 0) is 4.74 Å². The average molecular weight is 220 g/mol. The second kappa shape index (κ2) is 5.41. The van der Waals surface area contributed by atoms with Crippen LogP contribution in [-0.4, -0.2) is 23.7 Å². The standard InChI is InChI=1S/C13H20N2O/c1-3-16-13-8-12(9-13)15-10(2)11-4-6-14-7-5-11/h4-7,10,12-13,15H,3,8-9H2,1-2H3/t10-,12?,13?/m1/s1. The lowest BCUT2D eigenvalue weighted by Gasteiger charge is -2.37. The fraction of sp³-hybridized carbons (Fsp3) is 0.615. The molecule has 0 unspecified atom stereocenters. The van der Waals surface area contributed by atoms with Gasteiger partial charge in [-0.15, -0.1) is 0 Å². The molecule has 1 aromatic heterocycles. The summed E-state index contributed by atoms with van der Waals surface area (Å²) in [7, 11) is 0. The molecule has 0 saturated heterocycles. The smallest absolute Gasteiger partial charge is 0.0604 e. The lowest BCUT2D eigenvalue weighted by molar-refractivity contribution is -0.0120. The zero-order chi connectivity index (χ0) is 11.4. The maximum absolute atomic E-state index is 5.55. The van der Waals surface area contributed by atoms with Crippen LogP contribution >= 0.6 is 0 Å². The summed E-state index contributed by atoms with van der Waals surface area (Å²) >= 11 is 0. The van der Waals surface area contributed by atoms with Crippen molar-refractivity contribution in [3.05, 3.63) is 30.1 Å². The van der Waals surface area contributed by atoms with E-state index < -0.39 is 0 Å². The molecule has 3 nitrogen and oxygen atoms in total. The van der Waals surface area contributed by atoms with Crippen LogP contribution in [0.15, 0.2) is 24.5 Å². The molecule has 3 heteroatoms. The summed E-state index contributed by atoms with van der Waals surface area (Å²) in [6, 6.07) is 5.14. The van der Waals surface area contributed by atoms with Gasteiger partial charge in [-0.05, 0) is 44.4 Å². The highest BCUT2D eigenvalue weighted by molar-refractivity contribution is 5.14. The maximum Gasteiger partial charge on any atom is 0.0604 e. The van der Waals surface area contributed by atoms with E-state index in [-0.39, 0.29) is 0 Å².